The number of aryl methyl sites for hydroxylation is 1. The minimum atomic E-state index is -3.46. The number of hydrogen-bond donors (Lipinski definition) is 1. The van der Waals surface area contributed by atoms with Crippen molar-refractivity contribution in [3.8, 4) is 5.75 Å². The van der Waals surface area contributed by atoms with Crippen molar-refractivity contribution in [2.75, 3.05) is 12.3 Å². The first-order valence-corrected chi connectivity index (χ1v) is 8.06. The van der Waals surface area contributed by atoms with Crippen molar-refractivity contribution in [2.45, 2.75) is 11.8 Å². The van der Waals surface area contributed by atoms with Gasteiger partial charge >= 0.3 is 0 Å². The minimum Gasteiger partial charge on any atom is -0.489 e. The van der Waals surface area contributed by atoms with Crippen LogP contribution in [0.15, 0.2) is 52.8 Å². The number of rotatable bonds is 3. The highest BCUT2D eigenvalue weighted by Gasteiger charge is 2.29. The summed E-state index contributed by atoms with van der Waals surface area (Å²) in [6.45, 7) is 2.19. The van der Waals surface area contributed by atoms with E-state index >= 15 is 0 Å². The maximum absolute atomic E-state index is 12.1. The van der Waals surface area contributed by atoms with Crippen LogP contribution in [0.4, 0.5) is 5.69 Å². The van der Waals surface area contributed by atoms with E-state index in [1.165, 1.54) is 5.41 Å². The van der Waals surface area contributed by atoms with Gasteiger partial charge in [0.15, 0.2) is 0 Å². The Morgan fingerprint density at radius 1 is 1.10 bits per heavy atom. The Kier molecular flexibility index (Phi) is 3.22. The molecule has 2 N–H and O–H groups in total. The highest BCUT2D eigenvalue weighted by molar-refractivity contribution is 7.95. The van der Waals surface area contributed by atoms with Crippen LogP contribution in [0.2, 0.25) is 0 Å². The number of nitrogens with two attached hydrogens (primary N) is 1. The summed E-state index contributed by atoms with van der Waals surface area (Å²) in [5.41, 5.74) is 8.44. The maximum atomic E-state index is 12.1. The van der Waals surface area contributed by atoms with Crippen LogP contribution in [-0.2, 0) is 9.84 Å². The molecule has 4 nitrogen and oxygen atoms in total. The van der Waals surface area contributed by atoms with Gasteiger partial charge in [-0.2, -0.15) is 0 Å². The molecule has 5 heteroatoms. The van der Waals surface area contributed by atoms with E-state index in [9.17, 15) is 8.42 Å². The van der Waals surface area contributed by atoms with Crippen LogP contribution in [0.25, 0.3) is 5.57 Å². The second-order valence-electron chi connectivity index (χ2n) is 5.01. The molecule has 0 amide bonds. The average molecular weight is 301 g/mol. The van der Waals surface area contributed by atoms with Crippen molar-refractivity contribution in [3.63, 3.8) is 0 Å². The number of anilines is 1. The van der Waals surface area contributed by atoms with E-state index in [2.05, 4.69) is 0 Å². The average Bonchev–Trinajstić information content (AvgIpc) is 2.71. The van der Waals surface area contributed by atoms with Gasteiger partial charge in [-0.1, -0.05) is 29.8 Å². The number of fused-ring (bicyclic) bond motifs is 1. The summed E-state index contributed by atoms with van der Waals surface area (Å²) in [6, 6.07) is 12.7. The van der Waals surface area contributed by atoms with Crippen molar-refractivity contribution in [1.29, 1.82) is 0 Å². The molecule has 0 bridgehead atoms. The van der Waals surface area contributed by atoms with Crippen molar-refractivity contribution in [3.05, 3.63) is 59.0 Å². The van der Waals surface area contributed by atoms with E-state index in [1.54, 1.807) is 18.2 Å². The zero-order chi connectivity index (χ0) is 15.0. The van der Waals surface area contributed by atoms with Gasteiger partial charge in [0.2, 0.25) is 9.84 Å². The topological polar surface area (TPSA) is 69.4 Å². The first kappa shape index (κ1) is 13.7. The van der Waals surface area contributed by atoms with Gasteiger partial charge in [0, 0.05) is 16.5 Å². The normalized spacial score (nSPS) is 15.4. The molecule has 0 aromatic heterocycles. The second-order valence-corrected chi connectivity index (χ2v) is 6.75. The summed E-state index contributed by atoms with van der Waals surface area (Å²) in [4.78, 5) is 0.188. The SMILES string of the molecule is Cc1ccc(OCC2=CS(=O)(=O)c3c(N)cccc32)cc1. The highest BCUT2D eigenvalue weighted by atomic mass is 32.2. The lowest BCUT2D eigenvalue weighted by atomic mass is 10.1. The van der Waals surface area contributed by atoms with E-state index in [0.717, 1.165) is 5.56 Å². The highest BCUT2D eigenvalue weighted by Crippen LogP contribution is 2.37. The number of sulfone groups is 1. The van der Waals surface area contributed by atoms with Crippen molar-refractivity contribution in [2.24, 2.45) is 0 Å². The largest absolute Gasteiger partial charge is 0.489 e. The van der Waals surface area contributed by atoms with Gasteiger partial charge in [-0.05, 0) is 25.1 Å². The predicted molar refractivity (Wildman–Crippen MR) is 82.7 cm³/mol. The second kappa shape index (κ2) is 4.93. The molecule has 0 saturated heterocycles. The summed E-state index contributed by atoms with van der Waals surface area (Å²) in [5.74, 6) is 0.705. The molecule has 2 aromatic carbocycles. The Morgan fingerprint density at radius 2 is 1.81 bits per heavy atom. The first-order valence-electron chi connectivity index (χ1n) is 6.51. The van der Waals surface area contributed by atoms with Crippen molar-refractivity contribution >= 4 is 21.1 Å². The molecular formula is C16H15NO3S. The van der Waals surface area contributed by atoms with Gasteiger partial charge in [-0.15, -0.1) is 0 Å². The molecule has 21 heavy (non-hydrogen) atoms. The van der Waals surface area contributed by atoms with Crippen LogP contribution in [0.5, 0.6) is 5.75 Å². The van der Waals surface area contributed by atoms with Crippen LogP contribution in [0.3, 0.4) is 0 Å². The smallest absolute Gasteiger partial charge is 0.202 e. The Balaban J connectivity index is 1.88. The third-order valence-electron chi connectivity index (χ3n) is 3.39. The molecule has 0 saturated carbocycles. The molecular weight excluding hydrogens is 286 g/mol. The van der Waals surface area contributed by atoms with Crippen molar-refractivity contribution < 1.29 is 13.2 Å². The van der Waals surface area contributed by atoms with Gasteiger partial charge in [0.05, 0.1) is 5.69 Å². The van der Waals surface area contributed by atoms with Crippen LogP contribution in [-0.4, -0.2) is 15.0 Å². The van der Waals surface area contributed by atoms with Crippen molar-refractivity contribution in [1.82, 2.24) is 0 Å². The minimum absolute atomic E-state index is 0.188. The van der Waals surface area contributed by atoms with Gasteiger partial charge in [-0.3, -0.25) is 0 Å². The van der Waals surface area contributed by atoms with E-state index in [1.807, 2.05) is 31.2 Å². The summed E-state index contributed by atoms with van der Waals surface area (Å²) < 4.78 is 29.9. The summed E-state index contributed by atoms with van der Waals surface area (Å²) in [6.07, 6.45) is 0. The number of hydrogen-bond acceptors (Lipinski definition) is 4. The maximum Gasteiger partial charge on any atom is 0.202 e. The molecule has 1 heterocycles. The lowest BCUT2D eigenvalue weighted by Crippen LogP contribution is -2.01. The molecule has 1 aliphatic rings. The molecule has 0 unspecified atom stereocenters. The third kappa shape index (κ3) is 2.52. The molecule has 0 aliphatic carbocycles. The van der Waals surface area contributed by atoms with E-state index in [-0.39, 0.29) is 17.2 Å². The zero-order valence-electron chi connectivity index (χ0n) is 11.5. The summed E-state index contributed by atoms with van der Waals surface area (Å²) >= 11 is 0. The fourth-order valence-electron chi connectivity index (χ4n) is 2.34. The Morgan fingerprint density at radius 3 is 2.52 bits per heavy atom. The molecule has 0 atom stereocenters. The fourth-order valence-corrected chi connectivity index (χ4v) is 3.93. The quantitative estimate of drug-likeness (QED) is 0.885. The van der Waals surface area contributed by atoms with E-state index in [0.29, 0.717) is 16.9 Å². The predicted octanol–water partition coefficient (Wildman–Crippen LogP) is 2.78. The zero-order valence-corrected chi connectivity index (χ0v) is 12.4. The monoisotopic (exact) mass is 301 g/mol. The lowest BCUT2D eigenvalue weighted by Gasteiger charge is -2.08. The van der Waals surface area contributed by atoms with E-state index < -0.39 is 9.84 Å². The molecule has 0 radical (unpaired) electrons. The number of nitrogen functional groups attached to an aromatic ring is 1. The lowest BCUT2D eigenvalue weighted by molar-refractivity contribution is 0.370. The van der Waals surface area contributed by atoms with Gasteiger partial charge in [-0.25, -0.2) is 8.42 Å². The molecule has 1 aliphatic heterocycles. The van der Waals surface area contributed by atoms with Crippen LogP contribution < -0.4 is 10.5 Å². The fraction of sp³-hybridized carbons (Fsp3) is 0.125. The third-order valence-corrected chi connectivity index (χ3v) is 5.01. The molecule has 108 valence electrons. The van der Waals surface area contributed by atoms with E-state index in [4.69, 9.17) is 10.5 Å². The van der Waals surface area contributed by atoms with Gasteiger partial charge in [0.25, 0.3) is 0 Å². The summed E-state index contributed by atoms with van der Waals surface area (Å²) in [7, 11) is -3.46. The van der Waals surface area contributed by atoms with Crippen LogP contribution >= 0.6 is 0 Å². The van der Waals surface area contributed by atoms with Crippen LogP contribution in [0, 0.1) is 6.92 Å². The Labute approximate surface area is 123 Å². The first-order chi connectivity index (χ1) is 9.97. The number of ether oxygens (including phenoxy) is 1. The standard InChI is InChI=1S/C16H15NO3S/c1-11-5-7-13(8-6-11)20-9-12-10-21(18,19)16-14(12)3-2-4-15(16)17/h2-8,10H,9,17H2,1H3. The van der Waals surface area contributed by atoms with Crippen LogP contribution in [0.1, 0.15) is 11.1 Å². The summed E-state index contributed by atoms with van der Waals surface area (Å²) in [5, 5.41) is 1.24. The molecule has 3 rings (SSSR count). The molecule has 0 fully saturated rings. The Hall–Kier alpha value is -2.27. The van der Waals surface area contributed by atoms with Gasteiger partial charge < -0.3 is 10.5 Å². The Bertz CT molecular complexity index is 821. The molecule has 0 spiro atoms. The van der Waals surface area contributed by atoms with Gasteiger partial charge in [0.1, 0.15) is 17.3 Å². The molecule has 2 aromatic rings. The number of benzene rings is 2.